The fraction of sp³-hybridized carbons (Fsp3) is 0.500. The van der Waals surface area contributed by atoms with Gasteiger partial charge in [0.2, 0.25) is 0 Å². The minimum atomic E-state index is -1.26. The van der Waals surface area contributed by atoms with Crippen LogP contribution in [0.4, 0.5) is 11.5 Å². The van der Waals surface area contributed by atoms with Crippen molar-refractivity contribution in [2.75, 3.05) is 18.5 Å². The third-order valence-corrected chi connectivity index (χ3v) is 2.69. The maximum absolute atomic E-state index is 11.0. The van der Waals surface area contributed by atoms with E-state index in [0.29, 0.717) is 6.54 Å². The Morgan fingerprint density at radius 2 is 2.05 bits per heavy atom. The first-order valence-corrected chi connectivity index (χ1v) is 6.28. The fourth-order valence-electron chi connectivity index (χ4n) is 1.65. The highest BCUT2D eigenvalue weighted by molar-refractivity contribution is 5.93. The van der Waals surface area contributed by atoms with Crippen molar-refractivity contribution in [3.05, 3.63) is 27.9 Å². The van der Waals surface area contributed by atoms with Crippen molar-refractivity contribution in [2.45, 2.75) is 25.7 Å². The highest BCUT2D eigenvalue weighted by Crippen LogP contribution is 2.19. The van der Waals surface area contributed by atoms with Gasteiger partial charge in [0.15, 0.2) is 0 Å². The second-order valence-corrected chi connectivity index (χ2v) is 4.22. The molecule has 0 aromatic carbocycles. The van der Waals surface area contributed by atoms with Crippen LogP contribution in [-0.2, 0) is 0 Å². The minimum Gasteiger partial charge on any atom is -0.478 e. The highest BCUT2D eigenvalue weighted by atomic mass is 16.6. The predicted octanol–water partition coefficient (Wildman–Crippen LogP) is 1.65. The maximum Gasteiger partial charge on any atom is 0.339 e. The first kappa shape index (κ1) is 15.8. The molecule has 8 heteroatoms. The summed E-state index contributed by atoms with van der Waals surface area (Å²) in [5.74, 6) is -1.13. The van der Waals surface area contributed by atoms with E-state index < -0.39 is 10.9 Å². The van der Waals surface area contributed by atoms with Crippen LogP contribution in [0.2, 0.25) is 0 Å². The summed E-state index contributed by atoms with van der Waals surface area (Å²) in [6, 6.07) is 0.990. The molecule has 110 valence electrons. The van der Waals surface area contributed by atoms with Gasteiger partial charge >= 0.3 is 5.97 Å². The number of pyridine rings is 1. The number of carboxylic acids is 1. The summed E-state index contributed by atoms with van der Waals surface area (Å²) in [7, 11) is 0. The number of nitrogens with one attached hydrogen (secondary N) is 1. The molecule has 20 heavy (non-hydrogen) atoms. The Morgan fingerprint density at radius 3 is 2.65 bits per heavy atom. The van der Waals surface area contributed by atoms with Crippen LogP contribution in [0, 0.1) is 10.1 Å². The van der Waals surface area contributed by atoms with Crippen molar-refractivity contribution in [1.82, 2.24) is 4.98 Å². The van der Waals surface area contributed by atoms with Gasteiger partial charge in [-0.1, -0.05) is 12.8 Å². The summed E-state index contributed by atoms with van der Waals surface area (Å²) >= 11 is 0. The van der Waals surface area contributed by atoms with Gasteiger partial charge in [0, 0.05) is 19.2 Å². The Labute approximate surface area is 115 Å². The molecule has 1 aromatic heterocycles. The van der Waals surface area contributed by atoms with Crippen molar-refractivity contribution in [3.8, 4) is 0 Å². The van der Waals surface area contributed by atoms with Gasteiger partial charge < -0.3 is 15.5 Å². The van der Waals surface area contributed by atoms with Crippen LogP contribution in [0.1, 0.15) is 36.0 Å². The van der Waals surface area contributed by atoms with E-state index in [1.807, 2.05) is 0 Å². The normalized spacial score (nSPS) is 10.2. The lowest BCUT2D eigenvalue weighted by molar-refractivity contribution is -0.385. The molecule has 0 aliphatic heterocycles. The van der Waals surface area contributed by atoms with Gasteiger partial charge in [-0.3, -0.25) is 10.1 Å². The molecule has 3 N–H and O–H groups in total. The number of carbonyl (C=O) groups is 1. The molecular formula is C12H17N3O5. The molecule has 0 unspecified atom stereocenters. The molecule has 0 aliphatic rings. The van der Waals surface area contributed by atoms with E-state index in [4.69, 9.17) is 10.2 Å². The van der Waals surface area contributed by atoms with Crippen LogP contribution in [0.15, 0.2) is 12.3 Å². The molecule has 0 aliphatic carbocycles. The number of aliphatic hydroxyl groups is 1. The Morgan fingerprint density at radius 1 is 1.35 bits per heavy atom. The molecule has 0 bridgehead atoms. The van der Waals surface area contributed by atoms with E-state index in [2.05, 4.69) is 10.3 Å². The molecule has 0 fully saturated rings. The SMILES string of the molecule is O=C(O)c1cc([N+](=O)[O-])cnc1NCCCCCCO. The lowest BCUT2D eigenvalue weighted by Gasteiger charge is -2.08. The minimum absolute atomic E-state index is 0.130. The molecule has 0 saturated heterocycles. The number of hydrogen-bond donors (Lipinski definition) is 3. The number of aliphatic hydroxyl groups excluding tert-OH is 1. The molecular weight excluding hydrogens is 266 g/mol. The third-order valence-electron chi connectivity index (χ3n) is 2.69. The van der Waals surface area contributed by atoms with Crippen LogP contribution in [0.25, 0.3) is 0 Å². The Hall–Kier alpha value is -2.22. The van der Waals surface area contributed by atoms with Gasteiger partial charge in [-0.25, -0.2) is 9.78 Å². The average molecular weight is 283 g/mol. The van der Waals surface area contributed by atoms with E-state index in [0.717, 1.165) is 37.9 Å². The Balaban J connectivity index is 2.60. The number of carboxylic acid groups (broad SMARTS) is 1. The zero-order valence-corrected chi connectivity index (χ0v) is 10.9. The molecule has 0 saturated carbocycles. The van der Waals surface area contributed by atoms with Gasteiger partial charge in [0.25, 0.3) is 5.69 Å². The molecule has 1 rings (SSSR count). The van der Waals surface area contributed by atoms with Crippen molar-refractivity contribution in [2.24, 2.45) is 0 Å². The third kappa shape index (κ3) is 4.81. The fourth-order valence-corrected chi connectivity index (χ4v) is 1.65. The van der Waals surface area contributed by atoms with Crippen LogP contribution >= 0.6 is 0 Å². The number of aromatic carboxylic acids is 1. The molecule has 0 amide bonds. The summed E-state index contributed by atoms with van der Waals surface area (Å²) in [6.07, 6.45) is 4.38. The smallest absolute Gasteiger partial charge is 0.339 e. The summed E-state index contributed by atoms with van der Waals surface area (Å²) in [6.45, 7) is 0.691. The molecule has 0 radical (unpaired) electrons. The number of rotatable bonds is 9. The number of anilines is 1. The predicted molar refractivity (Wildman–Crippen MR) is 71.9 cm³/mol. The Bertz CT molecular complexity index is 478. The lowest BCUT2D eigenvalue weighted by atomic mass is 10.2. The number of hydrogen-bond acceptors (Lipinski definition) is 6. The van der Waals surface area contributed by atoms with Crippen molar-refractivity contribution in [1.29, 1.82) is 0 Å². The van der Waals surface area contributed by atoms with E-state index in [9.17, 15) is 14.9 Å². The summed E-state index contributed by atoms with van der Waals surface area (Å²) in [5, 5.41) is 31.1. The van der Waals surface area contributed by atoms with Crippen molar-refractivity contribution < 1.29 is 19.9 Å². The quantitative estimate of drug-likeness (QED) is 0.357. The molecule has 8 nitrogen and oxygen atoms in total. The van der Waals surface area contributed by atoms with Crippen LogP contribution in [0.5, 0.6) is 0 Å². The van der Waals surface area contributed by atoms with Crippen LogP contribution in [-0.4, -0.2) is 39.2 Å². The second-order valence-electron chi connectivity index (χ2n) is 4.22. The first-order valence-electron chi connectivity index (χ1n) is 6.28. The second kappa shape index (κ2) is 8.05. The average Bonchev–Trinajstić information content (AvgIpc) is 2.42. The molecule has 0 spiro atoms. The summed E-state index contributed by atoms with van der Waals surface area (Å²) in [5.41, 5.74) is -0.564. The molecule has 1 aromatic rings. The largest absolute Gasteiger partial charge is 0.478 e. The zero-order chi connectivity index (χ0) is 15.0. The summed E-state index contributed by atoms with van der Waals surface area (Å²) < 4.78 is 0. The van der Waals surface area contributed by atoms with Gasteiger partial charge in [-0.15, -0.1) is 0 Å². The molecule has 0 atom stereocenters. The zero-order valence-electron chi connectivity index (χ0n) is 10.9. The van der Waals surface area contributed by atoms with Crippen LogP contribution in [0.3, 0.4) is 0 Å². The van der Waals surface area contributed by atoms with Gasteiger partial charge in [0.1, 0.15) is 17.6 Å². The van der Waals surface area contributed by atoms with Crippen molar-refractivity contribution in [3.63, 3.8) is 0 Å². The van der Waals surface area contributed by atoms with Gasteiger partial charge in [-0.2, -0.15) is 0 Å². The van der Waals surface area contributed by atoms with E-state index in [1.54, 1.807) is 0 Å². The monoisotopic (exact) mass is 283 g/mol. The van der Waals surface area contributed by atoms with E-state index in [1.165, 1.54) is 0 Å². The highest BCUT2D eigenvalue weighted by Gasteiger charge is 2.17. The lowest BCUT2D eigenvalue weighted by Crippen LogP contribution is -2.10. The Kier molecular flexibility index (Phi) is 6.38. The number of unbranched alkanes of at least 4 members (excludes halogenated alkanes) is 3. The van der Waals surface area contributed by atoms with Crippen LogP contribution < -0.4 is 5.32 Å². The first-order chi connectivity index (χ1) is 9.56. The maximum atomic E-state index is 11.0. The van der Waals surface area contributed by atoms with E-state index in [-0.39, 0.29) is 23.7 Å². The van der Waals surface area contributed by atoms with E-state index >= 15 is 0 Å². The van der Waals surface area contributed by atoms with Crippen molar-refractivity contribution >= 4 is 17.5 Å². The molecule has 1 heterocycles. The standard InChI is InChI=1S/C12H17N3O5/c16-6-4-2-1-3-5-13-11-10(12(17)18)7-9(8-14-11)15(19)20/h7-8,16H,1-6H2,(H,13,14)(H,17,18). The van der Waals surface area contributed by atoms with Gasteiger partial charge in [0.05, 0.1) is 4.92 Å². The number of nitrogens with zero attached hydrogens (tertiary/aromatic N) is 2. The summed E-state index contributed by atoms with van der Waals surface area (Å²) in [4.78, 5) is 24.7. The van der Waals surface area contributed by atoms with Gasteiger partial charge in [-0.05, 0) is 12.8 Å². The number of nitro groups is 1. The number of aromatic nitrogens is 1. The topological polar surface area (TPSA) is 126 Å².